The molecule has 3 rings (SSSR count). The van der Waals surface area contributed by atoms with Crippen LogP contribution in [-0.2, 0) is 9.53 Å². The number of amides is 2. The van der Waals surface area contributed by atoms with Crippen molar-refractivity contribution < 1.29 is 19.1 Å². The lowest BCUT2D eigenvalue weighted by Gasteiger charge is -2.27. The van der Waals surface area contributed by atoms with Crippen molar-refractivity contribution in [1.82, 2.24) is 20.0 Å². The lowest BCUT2D eigenvalue weighted by molar-refractivity contribution is -0.129. The molecule has 2 heterocycles. The van der Waals surface area contributed by atoms with Crippen LogP contribution in [0.5, 0.6) is 5.75 Å². The number of carbonyl (C=O) groups excluding carboxylic acids is 2. The molecule has 2 aromatic rings. The van der Waals surface area contributed by atoms with Crippen molar-refractivity contribution in [3.05, 3.63) is 47.8 Å². The van der Waals surface area contributed by atoms with Gasteiger partial charge in [0.25, 0.3) is 5.91 Å². The zero-order valence-electron chi connectivity index (χ0n) is 18.0. The van der Waals surface area contributed by atoms with E-state index in [-0.39, 0.29) is 29.8 Å². The van der Waals surface area contributed by atoms with Crippen molar-refractivity contribution in [3.63, 3.8) is 0 Å². The van der Waals surface area contributed by atoms with E-state index in [1.807, 2.05) is 22.0 Å². The fourth-order valence-corrected chi connectivity index (χ4v) is 3.83. The largest absolute Gasteiger partial charge is 0.497 e. The molecule has 162 valence electrons. The van der Waals surface area contributed by atoms with Crippen molar-refractivity contribution in [3.8, 4) is 5.75 Å². The van der Waals surface area contributed by atoms with Gasteiger partial charge in [-0.25, -0.2) is 0 Å². The molecule has 0 bridgehead atoms. The third-order valence-electron chi connectivity index (χ3n) is 5.42. The Morgan fingerprint density at radius 2 is 2.13 bits per heavy atom. The van der Waals surface area contributed by atoms with Gasteiger partial charge in [0.05, 0.1) is 26.0 Å². The van der Waals surface area contributed by atoms with Crippen LogP contribution in [0.2, 0.25) is 0 Å². The van der Waals surface area contributed by atoms with Crippen molar-refractivity contribution in [1.29, 1.82) is 0 Å². The molecule has 1 N–H and O–H groups in total. The summed E-state index contributed by atoms with van der Waals surface area (Å²) in [6.45, 7) is 5.48. The van der Waals surface area contributed by atoms with Gasteiger partial charge >= 0.3 is 0 Å². The minimum Gasteiger partial charge on any atom is -0.497 e. The van der Waals surface area contributed by atoms with Crippen LogP contribution in [0.3, 0.4) is 0 Å². The summed E-state index contributed by atoms with van der Waals surface area (Å²) in [6.07, 6.45) is 4.18. The molecule has 1 aliphatic rings. The highest BCUT2D eigenvalue weighted by Crippen LogP contribution is 2.37. The molecule has 1 saturated heterocycles. The van der Waals surface area contributed by atoms with Crippen LogP contribution < -0.4 is 10.1 Å². The highest BCUT2D eigenvalue weighted by atomic mass is 16.5. The summed E-state index contributed by atoms with van der Waals surface area (Å²) in [5.74, 6) is 0.459. The summed E-state index contributed by atoms with van der Waals surface area (Å²) in [4.78, 5) is 27.2. The van der Waals surface area contributed by atoms with E-state index in [4.69, 9.17) is 9.47 Å². The fraction of sp³-hybridized carbons (Fsp3) is 0.500. The Morgan fingerprint density at radius 1 is 1.33 bits per heavy atom. The van der Waals surface area contributed by atoms with Gasteiger partial charge in [0, 0.05) is 55.9 Å². The molecule has 0 aliphatic carbocycles. The quantitative estimate of drug-likeness (QED) is 0.681. The lowest BCUT2D eigenvalue weighted by atomic mass is 9.95. The molecule has 1 aromatic carbocycles. The molecule has 2 amide bonds. The highest BCUT2D eigenvalue weighted by Gasteiger charge is 2.41. The monoisotopic (exact) mass is 414 g/mol. The minimum atomic E-state index is -0.187. The maximum Gasteiger partial charge on any atom is 0.251 e. The Labute approximate surface area is 177 Å². The summed E-state index contributed by atoms with van der Waals surface area (Å²) in [5, 5.41) is 7.43. The Balaban J connectivity index is 1.76. The normalized spacial score (nSPS) is 18.8. The number of hydrogen-bond acceptors (Lipinski definition) is 5. The highest BCUT2D eigenvalue weighted by molar-refractivity contribution is 5.94. The topological polar surface area (TPSA) is 85.7 Å². The van der Waals surface area contributed by atoms with Crippen LogP contribution in [0.4, 0.5) is 0 Å². The fourth-order valence-electron chi connectivity index (χ4n) is 3.83. The number of nitrogens with zero attached hydrogens (tertiary/aromatic N) is 3. The number of ether oxygens (including phenoxy) is 2. The third-order valence-corrected chi connectivity index (χ3v) is 5.42. The maximum absolute atomic E-state index is 12.7. The van der Waals surface area contributed by atoms with E-state index < -0.39 is 0 Å². The van der Waals surface area contributed by atoms with E-state index >= 15 is 0 Å². The lowest BCUT2D eigenvalue weighted by Crippen LogP contribution is -2.35. The van der Waals surface area contributed by atoms with Crippen LogP contribution >= 0.6 is 0 Å². The number of nitrogens with one attached hydrogen (secondary N) is 1. The molecule has 0 unspecified atom stereocenters. The summed E-state index contributed by atoms with van der Waals surface area (Å²) in [5.41, 5.74) is 1.50. The molecule has 1 fully saturated rings. The number of benzene rings is 1. The SMILES string of the molecule is COCCN1C(=O)C[C@@H](CNC(=O)c2cccc(OC)c2)[C@@H]1c1cnn(C(C)C)c1. The van der Waals surface area contributed by atoms with Gasteiger partial charge in [0.15, 0.2) is 0 Å². The number of likely N-dealkylation sites (tertiary alicyclic amines) is 1. The summed E-state index contributed by atoms with van der Waals surface area (Å²) in [7, 11) is 3.19. The summed E-state index contributed by atoms with van der Waals surface area (Å²) < 4.78 is 12.3. The van der Waals surface area contributed by atoms with E-state index in [2.05, 4.69) is 24.3 Å². The Morgan fingerprint density at radius 3 is 2.80 bits per heavy atom. The molecule has 30 heavy (non-hydrogen) atoms. The molecule has 1 aromatic heterocycles. The Hall–Kier alpha value is -2.87. The zero-order chi connectivity index (χ0) is 21.7. The van der Waals surface area contributed by atoms with Crippen LogP contribution in [0.25, 0.3) is 0 Å². The van der Waals surface area contributed by atoms with Gasteiger partial charge in [-0.05, 0) is 32.0 Å². The van der Waals surface area contributed by atoms with Gasteiger partial charge in [-0.15, -0.1) is 0 Å². The summed E-state index contributed by atoms with van der Waals surface area (Å²) in [6, 6.07) is 7.10. The predicted molar refractivity (Wildman–Crippen MR) is 112 cm³/mol. The Kier molecular flexibility index (Phi) is 7.10. The molecule has 2 atom stereocenters. The molecule has 0 saturated carbocycles. The first kappa shape index (κ1) is 21.8. The average molecular weight is 415 g/mol. The molecule has 0 radical (unpaired) electrons. The van der Waals surface area contributed by atoms with Crippen molar-refractivity contribution >= 4 is 11.8 Å². The van der Waals surface area contributed by atoms with E-state index in [1.165, 1.54) is 0 Å². The van der Waals surface area contributed by atoms with Crippen LogP contribution in [-0.4, -0.2) is 60.4 Å². The van der Waals surface area contributed by atoms with Gasteiger partial charge in [-0.2, -0.15) is 5.10 Å². The van der Waals surface area contributed by atoms with E-state index in [0.29, 0.717) is 37.4 Å². The van der Waals surface area contributed by atoms with Gasteiger partial charge in [-0.1, -0.05) is 6.07 Å². The van der Waals surface area contributed by atoms with Crippen LogP contribution in [0, 0.1) is 5.92 Å². The van der Waals surface area contributed by atoms with Crippen LogP contribution in [0.15, 0.2) is 36.7 Å². The second-order valence-electron chi connectivity index (χ2n) is 7.78. The third kappa shape index (κ3) is 4.81. The van der Waals surface area contributed by atoms with E-state index in [1.54, 1.807) is 38.5 Å². The standard InChI is InChI=1S/C22H30N4O4/c1-15(2)26-14-18(13-24-26)21-17(11-20(27)25(21)8-9-29-3)12-23-22(28)16-6-5-7-19(10-16)30-4/h5-7,10,13-15,17,21H,8-9,11-12H2,1-4H3,(H,23,28)/t17-,21+/m0/s1. The average Bonchev–Trinajstić information content (AvgIpc) is 3.35. The van der Waals surface area contributed by atoms with Crippen molar-refractivity contribution in [2.45, 2.75) is 32.4 Å². The first-order valence-corrected chi connectivity index (χ1v) is 10.2. The first-order valence-electron chi connectivity index (χ1n) is 10.2. The van der Waals surface area contributed by atoms with Crippen LogP contribution in [0.1, 0.15) is 48.3 Å². The minimum absolute atomic E-state index is 0.0475. The molecule has 1 aliphatic heterocycles. The second-order valence-corrected chi connectivity index (χ2v) is 7.78. The molecule has 8 nitrogen and oxygen atoms in total. The van der Waals surface area contributed by atoms with Gasteiger partial charge < -0.3 is 19.7 Å². The van der Waals surface area contributed by atoms with E-state index in [9.17, 15) is 9.59 Å². The molecule has 0 spiro atoms. The number of rotatable bonds is 9. The number of aromatic nitrogens is 2. The molecular formula is C22H30N4O4. The summed E-state index contributed by atoms with van der Waals surface area (Å²) >= 11 is 0. The van der Waals surface area contributed by atoms with Crippen molar-refractivity contribution in [2.75, 3.05) is 33.9 Å². The van der Waals surface area contributed by atoms with Gasteiger partial charge in [0.1, 0.15) is 5.75 Å². The van der Waals surface area contributed by atoms with Gasteiger partial charge in [-0.3, -0.25) is 14.3 Å². The Bertz CT molecular complexity index is 880. The second kappa shape index (κ2) is 9.75. The maximum atomic E-state index is 12.7. The first-order chi connectivity index (χ1) is 14.4. The van der Waals surface area contributed by atoms with Gasteiger partial charge in [0.2, 0.25) is 5.91 Å². The number of hydrogen-bond donors (Lipinski definition) is 1. The van der Waals surface area contributed by atoms with Crippen molar-refractivity contribution in [2.24, 2.45) is 5.92 Å². The smallest absolute Gasteiger partial charge is 0.251 e. The number of carbonyl (C=O) groups is 2. The zero-order valence-corrected chi connectivity index (χ0v) is 18.0. The van der Waals surface area contributed by atoms with E-state index in [0.717, 1.165) is 5.56 Å². The predicted octanol–water partition coefficient (Wildman–Crippen LogP) is 2.44. The number of methoxy groups -OCH3 is 2. The molecular weight excluding hydrogens is 384 g/mol. The molecule has 8 heteroatoms.